The number of ether oxygens (including phenoxy) is 1. The van der Waals surface area contributed by atoms with Crippen molar-refractivity contribution in [1.82, 2.24) is 0 Å². The van der Waals surface area contributed by atoms with Gasteiger partial charge in [-0.25, -0.2) is 4.39 Å². The average Bonchev–Trinajstić information content (AvgIpc) is 2.42. The van der Waals surface area contributed by atoms with Crippen LogP contribution in [0.5, 0.6) is 5.75 Å². The summed E-state index contributed by atoms with van der Waals surface area (Å²) in [5.74, 6) is 0.632. The molecule has 0 saturated carbocycles. The van der Waals surface area contributed by atoms with Gasteiger partial charge in [-0.2, -0.15) is 0 Å². The van der Waals surface area contributed by atoms with Crippen LogP contribution >= 0.6 is 0 Å². The first-order chi connectivity index (χ1) is 9.13. The zero-order valence-electron chi connectivity index (χ0n) is 11.8. The van der Waals surface area contributed by atoms with Crippen molar-refractivity contribution in [2.45, 2.75) is 52.1 Å². The zero-order chi connectivity index (χ0) is 14.1. The fourth-order valence-corrected chi connectivity index (χ4v) is 1.85. The van der Waals surface area contributed by atoms with Gasteiger partial charge in [0.15, 0.2) is 5.78 Å². The SMILES string of the molecule is CCCCCCC(F)COc1ccc(C(C)=O)cc1. The first-order valence-corrected chi connectivity index (χ1v) is 7.01. The summed E-state index contributed by atoms with van der Waals surface area (Å²) in [6, 6.07) is 6.82. The molecule has 0 saturated heterocycles. The van der Waals surface area contributed by atoms with Crippen molar-refractivity contribution >= 4 is 5.78 Å². The zero-order valence-corrected chi connectivity index (χ0v) is 11.8. The summed E-state index contributed by atoms with van der Waals surface area (Å²) in [5, 5.41) is 0. The van der Waals surface area contributed by atoms with Crippen LogP contribution in [-0.2, 0) is 0 Å². The van der Waals surface area contributed by atoms with Crippen LogP contribution in [0.1, 0.15) is 56.3 Å². The minimum Gasteiger partial charge on any atom is -0.491 e. The van der Waals surface area contributed by atoms with Crippen LogP contribution < -0.4 is 4.74 Å². The smallest absolute Gasteiger partial charge is 0.159 e. The Kier molecular flexibility index (Phi) is 7.16. The van der Waals surface area contributed by atoms with Crippen molar-refractivity contribution in [3.05, 3.63) is 29.8 Å². The highest BCUT2D eigenvalue weighted by Crippen LogP contribution is 2.15. The highest BCUT2D eigenvalue weighted by molar-refractivity contribution is 5.94. The Morgan fingerprint density at radius 3 is 2.47 bits per heavy atom. The topological polar surface area (TPSA) is 26.3 Å². The number of halogens is 1. The number of carbonyl (C=O) groups excluding carboxylic acids is 1. The van der Waals surface area contributed by atoms with E-state index in [0.29, 0.717) is 17.7 Å². The maximum absolute atomic E-state index is 13.5. The molecule has 0 aliphatic rings. The number of unbranched alkanes of at least 4 members (excludes halogenated alkanes) is 3. The molecule has 3 heteroatoms. The highest BCUT2D eigenvalue weighted by atomic mass is 19.1. The van der Waals surface area contributed by atoms with Gasteiger partial charge >= 0.3 is 0 Å². The van der Waals surface area contributed by atoms with E-state index in [-0.39, 0.29) is 12.4 Å². The van der Waals surface area contributed by atoms with Gasteiger partial charge in [0.25, 0.3) is 0 Å². The van der Waals surface area contributed by atoms with E-state index in [9.17, 15) is 9.18 Å². The van der Waals surface area contributed by atoms with Crippen molar-refractivity contribution in [2.75, 3.05) is 6.61 Å². The number of hydrogen-bond acceptors (Lipinski definition) is 2. The second kappa shape index (κ2) is 8.68. The summed E-state index contributed by atoms with van der Waals surface area (Å²) < 4.78 is 18.9. The number of hydrogen-bond donors (Lipinski definition) is 0. The van der Waals surface area contributed by atoms with E-state index in [1.165, 1.54) is 13.3 Å². The van der Waals surface area contributed by atoms with Gasteiger partial charge in [-0.15, -0.1) is 0 Å². The fourth-order valence-electron chi connectivity index (χ4n) is 1.85. The summed E-state index contributed by atoms with van der Waals surface area (Å²) in [6.07, 6.45) is 3.98. The van der Waals surface area contributed by atoms with Crippen LogP contribution in [0.25, 0.3) is 0 Å². The maximum Gasteiger partial charge on any atom is 0.159 e. The Hall–Kier alpha value is -1.38. The standard InChI is InChI=1S/C16H23FO2/c1-3-4-5-6-7-15(17)12-19-16-10-8-14(9-11-16)13(2)18/h8-11,15H,3-7,12H2,1-2H3. The van der Waals surface area contributed by atoms with E-state index in [0.717, 1.165) is 19.3 Å². The number of ketones is 1. The van der Waals surface area contributed by atoms with Gasteiger partial charge in [0.1, 0.15) is 18.5 Å². The molecule has 0 spiro atoms. The number of benzene rings is 1. The quantitative estimate of drug-likeness (QED) is 0.483. The van der Waals surface area contributed by atoms with Gasteiger partial charge in [0, 0.05) is 5.56 Å². The van der Waals surface area contributed by atoms with E-state index in [1.807, 2.05) is 0 Å². The molecule has 106 valence electrons. The molecule has 1 unspecified atom stereocenters. The number of alkyl halides is 1. The summed E-state index contributed by atoms with van der Waals surface area (Å²) in [6.45, 7) is 3.75. The summed E-state index contributed by atoms with van der Waals surface area (Å²) >= 11 is 0. The third-order valence-corrected chi connectivity index (χ3v) is 3.06. The predicted molar refractivity (Wildman–Crippen MR) is 75.6 cm³/mol. The molecule has 0 heterocycles. The van der Waals surface area contributed by atoms with Crippen LogP contribution in [-0.4, -0.2) is 18.6 Å². The third-order valence-electron chi connectivity index (χ3n) is 3.06. The lowest BCUT2D eigenvalue weighted by Crippen LogP contribution is -2.12. The highest BCUT2D eigenvalue weighted by Gasteiger charge is 2.07. The predicted octanol–water partition coefficient (Wildman–Crippen LogP) is 4.58. The minimum absolute atomic E-state index is 0.0193. The van der Waals surface area contributed by atoms with Crippen molar-refractivity contribution in [3.63, 3.8) is 0 Å². The monoisotopic (exact) mass is 266 g/mol. The van der Waals surface area contributed by atoms with Crippen molar-refractivity contribution < 1.29 is 13.9 Å². The molecule has 0 N–H and O–H groups in total. The van der Waals surface area contributed by atoms with E-state index in [4.69, 9.17) is 4.74 Å². The molecule has 0 aromatic heterocycles. The molecule has 0 amide bonds. The molecule has 1 rings (SSSR count). The van der Waals surface area contributed by atoms with Gasteiger partial charge in [0.2, 0.25) is 0 Å². The molecule has 0 radical (unpaired) electrons. The normalized spacial score (nSPS) is 12.2. The second-order valence-corrected chi connectivity index (χ2v) is 4.84. The molecule has 1 atom stereocenters. The van der Waals surface area contributed by atoms with E-state index >= 15 is 0 Å². The second-order valence-electron chi connectivity index (χ2n) is 4.84. The Morgan fingerprint density at radius 2 is 1.89 bits per heavy atom. The van der Waals surface area contributed by atoms with E-state index in [2.05, 4.69) is 6.92 Å². The van der Waals surface area contributed by atoms with Crippen LogP contribution in [0.3, 0.4) is 0 Å². The fraction of sp³-hybridized carbons (Fsp3) is 0.562. The van der Waals surface area contributed by atoms with Gasteiger partial charge in [-0.3, -0.25) is 4.79 Å². The molecule has 0 aliphatic heterocycles. The van der Waals surface area contributed by atoms with Crippen molar-refractivity contribution in [3.8, 4) is 5.75 Å². The van der Waals surface area contributed by atoms with Crippen LogP contribution in [0.4, 0.5) is 4.39 Å². The molecule has 1 aromatic rings. The lowest BCUT2D eigenvalue weighted by Gasteiger charge is -2.10. The third kappa shape index (κ3) is 6.37. The molecule has 2 nitrogen and oxygen atoms in total. The van der Waals surface area contributed by atoms with Crippen molar-refractivity contribution in [1.29, 1.82) is 0 Å². The Bertz CT molecular complexity index is 373. The van der Waals surface area contributed by atoms with E-state index < -0.39 is 6.17 Å². The van der Waals surface area contributed by atoms with Crippen molar-refractivity contribution in [2.24, 2.45) is 0 Å². The first-order valence-electron chi connectivity index (χ1n) is 7.01. The molecular formula is C16H23FO2. The lowest BCUT2D eigenvalue weighted by molar-refractivity contribution is 0.101. The Balaban J connectivity index is 2.25. The summed E-state index contributed by atoms with van der Waals surface area (Å²) in [5.41, 5.74) is 0.642. The summed E-state index contributed by atoms with van der Waals surface area (Å²) in [7, 11) is 0. The average molecular weight is 266 g/mol. The molecule has 0 aliphatic carbocycles. The number of carbonyl (C=O) groups is 1. The van der Waals surface area contributed by atoms with E-state index in [1.54, 1.807) is 24.3 Å². The van der Waals surface area contributed by atoms with Gasteiger partial charge in [-0.1, -0.05) is 32.6 Å². The van der Waals surface area contributed by atoms with Gasteiger partial charge in [-0.05, 0) is 37.6 Å². The Labute approximate surface area is 115 Å². The molecule has 19 heavy (non-hydrogen) atoms. The molecule has 1 aromatic carbocycles. The van der Waals surface area contributed by atoms with Crippen LogP contribution in [0, 0.1) is 0 Å². The van der Waals surface area contributed by atoms with Crippen LogP contribution in [0.2, 0.25) is 0 Å². The van der Waals surface area contributed by atoms with Gasteiger partial charge in [0.05, 0.1) is 0 Å². The van der Waals surface area contributed by atoms with Gasteiger partial charge < -0.3 is 4.74 Å². The Morgan fingerprint density at radius 1 is 1.21 bits per heavy atom. The largest absolute Gasteiger partial charge is 0.491 e. The van der Waals surface area contributed by atoms with Crippen LogP contribution in [0.15, 0.2) is 24.3 Å². The maximum atomic E-state index is 13.5. The lowest BCUT2D eigenvalue weighted by atomic mass is 10.1. The molecule has 0 bridgehead atoms. The summed E-state index contributed by atoms with van der Waals surface area (Å²) in [4.78, 5) is 11.1. The molecule has 0 fully saturated rings. The molecular weight excluding hydrogens is 243 g/mol. The number of rotatable bonds is 9. The number of Topliss-reactive ketones (excluding diaryl/α,β-unsaturated/α-hetero) is 1. The first kappa shape index (κ1) is 15.7. The minimum atomic E-state index is -0.913.